The van der Waals surface area contributed by atoms with Gasteiger partial charge in [-0.15, -0.1) is 0 Å². The largest absolute Gasteiger partial charge is 0.444 e. The molecule has 24 heavy (non-hydrogen) atoms. The molecule has 0 saturated carbocycles. The highest BCUT2D eigenvalue weighted by molar-refractivity contribution is 6.01. The number of ether oxygens (including phenoxy) is 1. The zero-order chi connectivity index (χ0) is 17.7. The van der Waals surface area contributed by atoms with Gasteiger partial charge in [-0.2, -0.15) is 0 Å². The van der Waals surface area contributed by atoms with Crippen LogP contribution in [-0.2, 0) is 20.9 Å². The summed E-state index contributed by atoms with van der Waals surface area (Å²) in [5, 5.41) is 8.11. The lowest BCUT2D eigenvalue weighted by Crippen LogP contribution is -2.47. The number of hydrogen-bond acceptors (Lipinski definition) is 5. The molecule has 0 spiro atoms. The number of imide groups is 1. The number of amides is 3. The molecule has 1 atom stereocenters. The third-order valence-corrected chi connectivity index (χ3v) is 3.34. The van der Waals surface area contributed by atoms with Crippen LogP contribution >= 0.6 is 0 Å². The lowest BCUT2D eigenvalue weighted by atomic mass is 10.1. The Labute approximate surface area is 141 Å². The number of carbonyl (C=O) groups is 3. The van der Waals surface area contributed by atoms with Gasteiger partial charge in [-0.25, -0.2) is 4.79 Å². The Morgan fingerprint density at radius 3 is 2.75 bits per heavy atom. The third kappa shape index (κ3) is 5.57. The highest BCUT2D eigenvalue weighted by Crippen LogP contribution is 2.16. The van der Waals surface area contributed by atoms with Crippen LogP contribution in [0.2, 0.25) is 0 Å². The van der Waals surface area contributed by atoms with Gasteiger partial charge >= 0.3 is 6.09 Å². The molecule has 1 unspecified atom stereocenters. The van der Waals surface area contributed by atoms with E-state index in [-0.39, 0.29) is 11.8 Å². The summed E-state index contributed by atoms with van der Waals surface area (Å²) in [6.07, 6.45) is 0.306. The van der Waals surface area contributed by atoms with Crippen LogP contribution in [0.3, 0.4) is 0 Å². The molecule has 0 radical (unpaired) electrons. The molecule has 1 aromatic rings. The van der Waals surface area contributed by atoms with Crippen LogP contribution in [0.15, 0.2) is 24.3 Å². The van der Waals surface area contributed by atoms with Crippen LogP contribution < -0.4 is 16.0 Å². The number of rotatable bonds is 4. The summed E-state index contributed by atoms with van der Waals surface area (Å²) in [4.78, 5) is 34.6. The summed E-state index contributed by atoms with van der Waals surface area (Å²) < 4.78 is 5.18. The van der Waals surface area contributed by atoms with Crippen molar-refractivity contribution in [3.8, 4) is 0 Å². The van der Waals surface area contributed by atoms with Crippen LogP contribution in [0, 0.1) is 0 Å². The molecule has 2 rings (SSSR count). The summed E-state index contributed by atoms with van der Waals surface area (Å²) in [7, 11) is 0. The van der Waals surface area contributed by atoms with Gasteiger partial charge in [-0.1, -0.05) is 12.1 Å². The SMILES string of the molecule is CC(C)(C)OC(=O)NCc1cccc(NC2CCC(=O)NC2=O)c1. The molecule has 1 fully saturated rings. The van der Waals surface area contributed by atoms with Crippen molar-refractivity contribution in [1.82, 2.24) is 10.6 Å². The predicted octanol–water partition coefficient (Wildman–Crippen LogP) is 1.93. The molecule has 0 aliphatic carbocycles. The van der Waals surface area contributed by atoms with E-state index in [1.54, 1.807) is 20.8 Å². The van der Waals surface area contributed by atoms with Gasteiger partial charge in [0, 0.05) is 18.7 Å². The molecule has 0 bridgehead atoms. The second-order valence-electron chi connectivity index (χ2n) is 6.70. The van der Waals surface area contributed by atoms with E-state index >= 15 is 0 Å². The van der Waals surface area contributed by atoms with Gasteiger partial charge in [0.05, 0.1) is 0 Å². The zero-order valence-corrected chi connectivity index (χ0v) is 14.1. The second-order valence-corrected chi connectivity index (χ2v) is 6.70. The van der Waals surface area contributed by atoms with Crippen molar-refractivity contribution >= 4 is 23.6 Å². The van der Waals surface area contributed by atoms with E-state index in [2.05, 4.69) is 16.0 Å². The first kappa shape index (κ1) is 17.8. The molecule has 3 N–H and O–H groups in total. The van der Waals surface area contributed by atoms with Gasteiger partial charge < -0.3 is 15.4 Å². The quantitative estimate of drug-likeness (QED) is 0.732. The molecule has 130 valence electrons. The Kier molecular flexibility index (Phi) is 5.43. The maximum Gasteiger partial charge on any atom is 0.407 e. The monoisotopic (exact) mass is 333 g/mol. The highest BCUT2D eigenvalue weighted by Gasteiger charge is 2.26. The predicted molar refractivity (Wildman–Crippen MR) is 89.3 cm³/mol. The van der Waals surface area contributed by atoms with Crippen LogP contribution in [-0.4, -0.2) is 29.6 Å². The van der Waals surface area contributed by atoms with E-state index in [1.807, 2.05) is 24.3 Å². The first-order valence-electron chi connectivity index (χ1n) is 7.89. The molecule has 1 aliphatic heterocycles. The van der Waals surface area contributed by atoms with E-state index in [0.29, 0.717) is 19.4 Å². The lowest BCUT2D eigenvalue weighted by molar-refractivity contribution is -0.133. The standard InChI is InChI=1S/C17H23N3O4/c1-17(2,3)24-16(23)18-10-11-5-4-6-12(9-11)19-13-7-8-14(21)20-15(13)22/h4-6,9,13,19H,7-8,10H2,1-3H3,(H,18,23)(H,20,21,22). The van der Waals surface area contributed by atoms with E-state index in [0.717, 1.165) is 11.3 Å². The smallest absolute Gasteiger partial charge is 0.407 e. The summed E-state index contributed by atoms with van der Waals surface area (Å²) >= 11 is 0. The molecular weight excluding hydrogens is 310 g/mol. The second kappa shape index (κ2) is 7.33. The van der Waals surface area contributed by atoms with Crippen molar-refractivity contribution in [2.75, 3.05) is 5.32 Å². The Morgan fingerprint density at radius 1 is 1.33 bits per heavy atom. The lowest BCUT2D eigenvalue weighted by Gasteiger charge is -2.23. The number of carbonyl (C=O) groups excluding carboxylic acids is 3. The van der Waals surface area contributed by atoms with Crippen LogP contribution in [0.25, 0.3) is 0 Å². The number of piperidine rings is 1. The third-order valence-electron chi connectivity index (χ3n) is 3.34. The Morgan fingerprint density at radius 2 is 2.08 bits per heavy atom. The number of benzene rings is 1. The number of anilines is 1. The minimum Gasteiger partial charge on any atom is -0.444 e. The molecule has 1 aromatic carbocycles. The topological polar surface area (TPSA) is 96.5 Å². The molecule has 1 saturated heterocycles. The molecular formula is C17H23N3O4. The minimum atomic E-state index is -0.542. The minimum absolute atomic E-state index is 0.242. The summed E-state index contributed by atoms with van der Waals surface area (Å²) in [6.45, 7) is 5.73. The maximum atomic E-state index is 11.8. The number of alkyl carbamates (subject to hydrolysis) is 1. The average molecular weight is 333 g/mol. The summed E-state index contributed by atoms with van der Waals surface area (Å²) in [6, 6.07) is 6.95. The number of nitrogens with one attached hydrogen (secondary N) is 3. The van der Waals surface area contributed by atoms with Gasteiger partial charge in [0.25, 0.3) is 0 Å². The number of hydrogen-bond donors (Lipinski definition) is 3. The van der Waals surface area contributed by atoms with Crippen molar-refractivity contribution < 1.29 is 19.1 Å². The summed E-state index contributed by atoms with van der Waals surface area (Å²) in [5.74, 6) is -0.558. The fourth-order valence-corrected chi connectivity index (χ4v) is 2.29. The van der Waals surface area contributed by atoms with E-state index < -0.39 is 17.7 Å². The fraction of sp³-hybridized carbons (Fsp3) is 0.471. The molecule has 1 aliphatic rings. The van der Waals surface area contributed by atoms with Gasteiger partial charge in [-0.05, 0) is 44.9 Å². The van der Waals surface area contributed by atoms with Crippen molar-refractivity contribution in [2.24, 2.45) is 0 Å². The van der Waals surface area contributed by atoms with Gasteiger partial charge in [0.2, 0.25) is 11.8 Å². The fourth-order valence-electron chi connectivity index (χ4n) is 2.29. The first-order valence-corrected chi connectivity index (χ1v) is 7.89. The van der Waals surface area contributed by atoms with Gasteiger partial charge in [0.15, 0.2) is 0 Å². The maximum absolute atomic E-state index is 11.8. The van der Waals surface area contributed by atoms with E-state index in [9.17, 15) is 14.4 Å². The van der Waals surface area contributed by atoms with Crippen molar-refractivity contribution in [3.63, 3.8) is 0 Å². The Hall–Kier alpha value is -2.57. The van der Waals surface area contributed by atoms with Crippen molar-refractivity contribution in [3.05, 3.63) is 29.8 Å². The van der Waals surface area contributed by atoms with Crippen LogP contribution in [0.5, 0.6) is 0 Å². The van der Waals surface area contributed by atoms with Crippen molar-refractivity contribution in [2.45, 2.75) is 51.8 Å². The zero-order valence-electron chi connectivity index (χ0n) is 14.1. The molecule has 1 heterocycles. The normalized spacial score (nSPS) is 17.9. The average Bonchev–Trinajstić information content (AvgIpc) is 2.47. The van der Waals surface area contributed by atoms with Gasteiger partial charge in [-0.3, -0.25) is 14.9 Å². The van der Waals surface area contributed by atoms with E-state index in [1.165, 1.54) is 0 Å². The molecule has 7 nitrogen and oxygen atoms in total. The Balaban J connectivity index is 1.90. The molecule has 7 heteroatoms. The Bertz CT molecular complexity index is 637. The summed E-state index contributed by atoms with van der Waals surface area (Å²) in [5.41, 5.74) is 1.09. The highest BCUT2D eigenvalue weighted by atomic mass is 16.6. The van der Waals surface area contributed by atoms with Crippen LogP contribution in [0.1, 0.15) is 39.2 Å². The van der Waals surface area contributed by atoms with E-state index in [4.69, 9.17) is 4.74 Å². The first-order chi connectivity index (χ1) is 11.2. The molecule has 0 aromatic heterocycles. The van der Waals surface area contributed by atoms with Gasteiger partial charge in [0.1, 0.15) is 11.6 Å². The van der Waals surface area contributed by atoms with Crippen LogP contribution in [0.4, 0.5) is 10.5 Å². The molecule has 3 amide bonds. The van der Waals surface area contributed by atoms with Crippen molar-refractivity contribution in [1.29, 1.82) is 0 Å².